The largest absolute Gasteiger partial charge is 0.392 e. The molecule has 26 heavy (non-hydrogen) atoms. The minimum absolute atomic E-state index is 0.0257. The third-order valence-electron chi connectivity index (χ3n) is 4.64. The lowest BCUT2D eigenvalue weighted by Crippen LogP contribution is -2.41. The average molecular weight is 366 g/mol. The van der Waals surface area contributed by atoms with Crippen molar-refractivity contribution in [3.05, 3.63) is 37.4 Å². The van der Waals surface area contributed by atoms with E-state index in [1.807, 2.05) is 0 Å². The van der Waals surface area contributed by atoms with Crippen molar-refractivity contribution in [3.8, 4) is 0 Å². The summed E-state index contributed by atoms with van der Waals surface area (Å²) in [6.07, 6.45) is 1.53. The van der Waals surface area contributed by atoms with E-state index in [4.69, 9.17) is 0 Å². The molecule has 0 aliphatic carbocycles. The average Bonchev–Trinajstić information content (AvgIpc) is 2.59. The highest BCUT2D eigenvalue weighted by Crippen LogP contribution is 2.43. The van der Waals surface area contributed by atoms with Crippen LogP contribution in [0.4, 0.5) is 17.1 Å². The zero-order valence-corrected chi connectivity index (χ0v) is 14.7. The van der Waals surface area contributed by atoms with Crippen molar-refractivity contribution < 1.29 is 19.7 Å². The Balaban J connectivity index is 2.49. The molecule has 2 N–H and O–H groups in total. The van der Waals surface area contributed by atoms with Crippen LogP contribution in [0.1, 0.15) is 30.9 Å². The van der Waals surface area contributed by atoms with Crippen LogP contribution in [0.5, 0.6) is 0 Å². The summed E-state index contributed by atoms with van der Waals surface area (Å²) in [7, 11) is 0. The Hall–Kier alpha value is -2.75. The van der Waals surface area contributed by atoms with Crippen LogP contribution in [-0.2, 0) is 11.4 Å². The molecule has 10 heteroatoms. The van der Waals surface area contributed by atoms with Crippen molar-refractivity contribution in [1.29, 1.82) is 0 Å². The molecule has 1 aromatic carbocycles. The number of amides is 1. The molecule has 1 fully saturated rings. The quantitative estimate of drug-likeness (QED) is 0.576. The number of nitro benzene ring substituents is 2. The Labute approximate surface area is 150 Å². The minimum Gasteiger partial charge on any atom is -0.392 e. The predicted octanol–water partition coefficient (Wildman–Crippen LogP) is 1.66. The molecule has 1 heterocycles. The number of nitrogens with one attached hydrogen (secondary N) is 1. The maximum absolute atomic E-state index is 11.6. The molecule has 1 unspecified atom stereocenters. The second kappa shape index (κ2) is 8.09. The van der Waals surface area contributed by atoms with Gasteiger partial charge < -0.3 is 15.3 Å². The number of nitrogens with zero attached hydrogens (tertiary/aromatic N) is 3. The van der Waals surface area contributed by atoms with Crippen molar-refractivity contribution in [2.75, 3.05) is 24.5 Å². The van der Waals surface area contributed by atoms with Crippen LogP contribution in [0.3, 0.4) is 0 Å². The van der Waals surface area contributed by atoms with Gasteiger partial charge in [-0.1, -0.05) is 0 Å². The first-order valence-electron chi connectivity index (χ1n) is 8.31. The fourth-order valence-electron chi connectivity index (χ4n) is 3.35. The maximum atomic E-state index is 11.6. The standard InChI is InChI=1S/C16H22N4O6/c1-10-13(9-21)6-14(19(23)24)16(15(10)20(25)26)18-5-3-4-12(8-18)7-17-11(2)22/h6,12,21H,3-5,7-9H2,1-2H3,(H,17,22). The topological polar surface area (TPSA) is 139 Å². The second-order valence-corrected chi connectivity index (χ2v) is 6.44. The molecular weight excluding hydrogens is 344 g/mol. The Morgan fingerprint density at radius 3 is 2.62 bits per heavy atom. The number of nitro groups is 2. The number of anilines is 1. The second-order valence-electron chi connectivity index (χ2n) is 6.44. The lowest BCUT2D eigenvalue weighted by molar-refractivity contribution is -0.393. The Morgan fingerprint density at radius 2 is 2.08 bits per heavy atom. The minimum atomic E-state index is -0.654. The van der Waals surface area contributed by atoms with Gasteiger partial charge in [-0.15, -0.1) is 0 Å². The predicted molar refractivity (Wildman–Crippen MR) is 94.0 cm³/mol. The SMILES string of the molecule is CC(=O)NCC1CCCN(c2c([N+](=O)[O-])cc(CO)c(C)c2[N+](=O)[O-])C1. The third-order valence-corrected chi connectivity index (χ3v) is 4.64. The number of benzene rings is 1. The number of piperidine rings is 1. The molecule has 1 aromatic rings. The molecular formula is C16H22N4O6. The monoisotopic (exact) mass is 366 g/mol. The summed E-state index contributed by atoms with van der Waals surface area (Å²) in [4.78, 5) is 34.7. The highest BCUT2D eigenvalue weighted by molar-refractivity contribution is 5.79. The summed E-state index contributed by atoms with van der Waals surface area (Å²) in [6.45, 7) is 3.62. The van der Waals surface area contributed by atoms with Gasteiger partial charge in [0, 0.05) is 38.2 Å². The van der Waals surface area contributed by atoms with E-state index < -0.39 is 16.5 Å². The van der Waals surface area contributed by atoms with E-state index >= 15 is 0 Å². The molecule has 142 valence electrons. The fraction of sp³-hybridized carbons (Fsp3) is 0.562. The van der Waals surface area contributed by atoms with Gasteiger partial charge in [-0.25, -0.2) is 0 Å². The summed E-state index contributed by atoms with van der Waals surface area (Å²) in [5.74, 6) is -0.119. The fourth-order valence-corrected chi connectivity index (χ4v) is 3.35. The van der Waals surface area contributed by atoms with Crippen molar-refractivity contribution in [2.24, 2.45) is 5.92 Å². The number of hydrogen-bond donors (Lipinski definition) is 2. The van der Waals surface area contributed by atoms with E-state index in [1.54, 1.807) is 4.90 Å². The van der Waals surface area contributed by atoms with Crippen LogP contribution in [0.2, 0.25) is 0 Å². The number of rotatable bonds is 6. The van der Waals surface area contributed by atoms with Crippen LogP contribution in [0.25, 0.3) is 0 Å². The molecule has 10 nitrogen and oxygen atoms in total. The molecule has 0 spiro atoms. The first-order valence-corrected chi connectivity index (χ1v) is 8.31. The smallest absolute Gasteiger partial charge is 0.302 e. The van der Waals surface area contributed by atoms with Crippen LogP contribution in [0.15, 0.2) is 6.07 Å². The maximum Gasteiger partial charge on any atom is 0.302 e. The highest BCUT2D eigenvalue weighted by Gasteiger charge is 2.35. The number of carbonyl (C=O) groups is 1. The van der Waals surface area contributed by atoms with Crippen LogP contribution >= 0.6 is 0 Å². The van der Waals surface area contributed by atoms with E-state index in [-0.39, 0.29) is 40.0 Å². The first-order chi connectivity index (χ1) is 12.3. The zero-order chi connectivity index (χ0) is 19.4. The van der Waals surface area contributed by atoms with Crippen LogP contribution in [0, 0.1) is 33.1 Å². The van der Waals surface area contributed by atoms with Gasteiger partial charge in [0.1, 0.15) is 0 Å². The van der Waals surface area contributed by atoms with Gasteiger partial charge in [-0.2, -0.15) is 0 Å². The van der Waals surface area contributed by atoms with E-state index in [2.05, 4.69) is 5.32 Å². The van der Waals surface area contributed by atoms with Crippen molar-refractivity contribution in [2.45, 2.75) is 33.3 Å². The zero-order valence-electron chi connectivity index (χ0n) is 14.7. The molecule has 0 saturated carbocycles. The van der Waals surface area contributed by atoms with E-state index in [0.717, 1.165) is 6.42 Å². The molecule has 2 rings (SSSR count). The summed E-state index contributed by atoms with van der Waals surface area (Å²) in [5.41, 5.74) is -0.363. The highest BCUT2D eigenvalue weighted by atomic mass is 16.6. The lowest BCUT2D eigenvalue weighted by atomic mass is 9.95. The van der Waals surface area contributed by atoms with Gasteiger partial charge in [0.25, 0.3) is 5.69 Å². The van der Waals surface area contributed by atoms with Crippen molar-refractivity contribution in [3.63, 3.8) is 0 Å². The van der Waals surface area contributed by atoms with E-state index in [0.29, 0.717) is 26.1 Å². The molecule has 1 aliphatic rings. The summed E-state index contributed by atoms with van der Waals surface area (Å²) in [6, 6.07) is 1.20. The van der Waals surface area contributed by atoms with E-state index in [9.17, 15) is 30.1 Å². The Morgan fingerprint density at radius 1 is 1.38 bits per heavy atom. The van der Waals surface area contributed by atoms with Crippen molar-refractivity contribution >= 4 is 23.0 Å². The number of aliphatic hydroxyl groups is 1. The van der Waals surface area contributed by atoms with Gasteiger partial charge in [-0.3, -0.25) is 25.0 Å². The molecule has 0 radical (unpaired) electrons. The van der Waals surface area contributed by atoms with Gasteiger partial charge in [0.15, 0.2) is 5.69 Å². The van der Waals surface area contributed by atoms with Crippen molar-refractivity contribution in [1.82, 2.24) is 5.32 Å². The summed E-state index contributed by atoms with van der Waals surface area (Å²) >= 11 is 0. The number of aliphatic hydroxyl groups excluding tert-OH is 1. The van der Waals surface area contributed by atoms with E-state index in [1.165, 1.54) is 19.9 Å². The van der Waals surface area contributed by atoms with Crippen LogP contribution < -0.4 is 10.2 Å². The van der Waals surface area contributed by atoms with Gasteiger partial charge in [0.05, 0.1) is 16.5 Å². The Kier molecular flexibility index (Phi) is 6.09. The number of carbonyl (C=O) groups excluding carboxylic acids is 1. The molecule has 0 aromatic heterocycles. The van der Waals surface area contributed by atoms with Crippen LogP contribution in [-0.4, -0.2) is 40.5 Å². The molecule has 1 atom stereocenters. The third kappa shape index (κ3) is 4.07. The molecule has 1 amide bonds. The normalized spacial score (nSPS) is 17.0. The van der Waals surface area contributed by atoms with Gasteiger partial charge >= 0.3 is 5.69 Å². The Bertz CT molecular complexity index is 736. The lowest BCUT2D eigenvalue weighted by Gasteiger charge is -2.34. The summed E-state index contributed by atoms with van der Waals surface area (Å²) in [5, 5.41) is 35.3. The first kappa shape index (κ1) is 19.6. The molecule has 1 saturated heterocycles. The van der Waals surface area contributed by atoms with Gasteiger partial charge in [-0.05, 0) is 31.2 Å². The molecule has 0 bridgehead atoms. The molecule has 1 aliphatic heterocycles. The van der Waals surface area contributed by atoms with Gasteiger partial charge in [0.2, 0.25) is 5.91 Å². The summed E-state index contributed by atoms with van der Waals surface area (Å²) < 4.78 is 0. The number of hydrogen-bond acceptors (Lipinski definition) is 7.